The van der Waals surface area contributed by atoms with Gasteiger partial charge in [-0.05, 0) is 20.8 Å². The van der Waals surface area contributed by atoms with Gasteiger partial charge in [0, 0.05) is 19.2 Å². The van der Waals surface area contributed by atoms with E-state index in [2.05, 4.69) is 5.32 Å². The summed E-state index contributed by atoms with van der Waals surface area (Å²) in [5.74, 6) is -0.000717. The molecule has 1 N–H and O–H groups in total. The smallest absolute Gasteiger partial charge is 0.287 e. The van der Waals surface area contributed by atoms with Crippen molar-refractivity contribution >= 4 is 5.91 Å². The molecule has 0 spiro atoms. The van der Waals surface area contributed by atoms with Gasteiger partial charge in [-0.1, -0.05) is 0 Å². The lowest BCUT2D eigenvalue weighted by Crippen LogP contribution is -2.46. The second-order valence-electron chi connectivity index (χ2n) is 4.54. The first kappa shape index (κ1) is 13.4. The first-order valence-corrected chi connectivity index (χ1v) is 5.27. The number of hydrogen-bond acceptors (Lipinski definition) is 4. The van der Waals surface area contributed by atoms with Gasteiger partial charge in [-0.15, -0.1) is 0 Å². The third kappa shape index (κ3) is 4.03. The highest BCUT2D eigenvalue weighted by molar-refractivity contribution is 5.91. The molecule has 5 nitrogen and oxygen atoms in total. The molecule has 0 aliphatic carbocycles. The second kappa shape index (κ2) is 5.14. The van der Waals surface area contributed by atoms with Crippen LogP contribution in [-0.4, -0.2) is 25.2 Å². The summed E-state index contributed by atoms with van der Waals surface area (Å²) in [5, 5.41) is 2.73. The van der Waals surface area contributed by atoms with Crippen LogP contribution in [0.3, 0.4) is 0 Å². The Labute approximate surface area is 99.8 Å². The molecule has 0 bridgehead atoms. The van der Waals surface area contributed by atoms with Gasteiger partial charge in [-0.3, -0.25) is 9.59 Å². The molecule has 5 heteroatoms. The maximum atomic E-state index is 11.8. The van der Waals surface area contributed by atoms with Crippen LogP contribution in [0.15, 0.2) is 21.3 Å². The van der Waals surface area contributed by atoms with E-state index >= 15 is 0 Å². The summed E-state index contributed by atoms with van der Waals surface area (Å²) in [6.07, 6.45) is 0. The molecule has 0 aliphatic heterocycles. The highest BCUT2D eigenvalue weighted by atomic mass is 16.5. The molecule has 1 amide bonds. The van der Waals surface area contributed by atoms with Crippen molar-refractivity contribution in [2.45, 2.75) is 26.3 Å². The van der Waals surface area contributed by atoms with Gasteiger partial charge < -0.3 is 14.5 Å². The highest BCUT2D eigenvalue weighted by Gasteiger charge is 2.22. The number of nitrogens with one attached hydrogen (secondary N) is 1. The summed E-state index contributed by atoms with van der Waals surface area (Å²) in [6.45, 7) is 5.64. The van der Waals surface area contributed by atoms with Gasteiger partial charge in [0.15, 0.2) is 11.2 Å². The standard InChI is InChI=1S/C12H17NO4/c1-8-5-9(14)6-10(17-8)11(15)13-12(2,3)7-16-4/h5-6H,7H2,1-4H3,(H,13,15). The minimum Gasteiger partial charge on any atom is -0.456 e. The van der Waals surface area contributed by atoms with Gasteiger partial charge in [0.05, 0.1) is 12.1 Å². The quantitative estimate of drug-likeness (QED) is 0.854. The molecule has 1 rings (SSSR count). The SMILES string of the molecule is COCC(C)(C)NC(=O)c1cc(=O)cc(C)o1. The molecule has 0 saturated heterocycles. The molecule has 0 unspecified atom stereocenters. The third-order valence-electron chi connectivity index (χ3n) is 2.07. The van der Waals surface area contributed by atoms with Crippen LogP contribution in [0.2, 0.25) is 0 Å². The monoisotopic (exact) mass is 239 g/mol. The molecule has 1 heterocycles. The zero-order chi connectivity index (χ0) is 13.1. The van der Waals surface area contributed by atoms with Crippen LogP contribution < -0.4 is 10.7 Å². The lowest BCUT2D eigenvalue weighted by molar-refractivity contribution is 0.0790. The fraction of sp³-hybridized carbons (Fsp3) is 0.500. The minimum atomic E-state index is -0.520. The van der Waals surface area contributed by atoms with Gasteiger partial charge in [0.2, 0.25) is 0 Å². The number of rotatable bonds is 4. The molecular weight excluding hydrogens is 222 g/mol. The Kier molecular flexibility index (Phi) is 4.07. The number of amides is 1. The average molecular weight is 239 g/mol. The van der Waals surface area contributed by atoms with E-state index in [1.54, 1.807) is 14.0 Å². The first-order chi connectivity index (χ1) is 7.84. The number of hydrogen-bond donors (Lipinski definition) is 1. The van der Waals surface area contributed by atoms with Crippen molar-refractivity contribution in [3.8, 4) is 0 Å². The van der Waals surface area contributed by atoms with Crippen molar-refractivity contribution in [1.29, 1.82) is 0 Å². The lowest BCUT2D eigenvalue weighted by Gasteiger charge is -2.24. The Morgan fingerprint density at radius 3 is 2.65 bits per heavy atom. The third-order valence-corrected chi connectivity index (χ3v) is 2.07. The molecule has 1 aromatic rings. The van der Waals surface area contributed by atoms with E-state index in [-0.39, 0.29) is 11.2 Å². The van der Waals surface area contributed by atoms with Crippen LogP contribution in [0.1, 0.15) is 30.2 Å². The van der Waals surface area contributed by atoms with Crippen molar-refractivity contribution in [2.75, 3.05) is 13.7 Å². The van der Waals surface area contributed by atoms with E-state index in [0.717, 1.165) is 0 Å². The average Bonchev–Trinajstić information content (AvgIpc) is 2.14. The molecule has 0 radical (unpaired) electrons. The number of carbonyl (C=O) groups excluding carboxylic acids is 1. The predicted molar refractivity (Wildman–Crippen MR) is 63.1 cm³/mol. The molecule has 0 fully saturated rings. The Bertz CT molecular complexity index is 462. The van der Waals surface area contributed by atoms with Crippen LogP contribution in [-0.2, 0) is 4.74 Å². The molecule has 0 saturated carbocycles. The van der Waals surface area contributed by atoms with Gasteiger partial charge in [0.25, 0.3) is 5.91 Å². The molecule has 0 aliphatic rings. The van der Waals surface area contributed by atoms with Crippen LogP contribution in [0.4, 0.5) is 0 Å². The maximum absolute atomic E-state index is 11.8. The normalized spacial score (nSPS) is 11.3. The molecular formula is C12H17NO4. The largest absolute Gasteiger partial charge is 0.456 e. The van der Waals surface area contributed by atoms with Crippen molar-refractivity contribution in [3.05, 3.63) is 33.9 Å². The number of carbonyl (C=O) groups is 1. The van der Waals surface area contributed by atoms with Crippen molar-refractivity contribution in [1.82, 2.24) is 5.32 Å². The lowest BCUT2D eigenvalue weighted by atomic mass is 10.1. The summed E-state index contributed by atoms with van der Waals surface area (Å²) in [7, 11) is 1.56. The zero-order valence-corrected chi connectivity index (χ0v) is 10.5. The van der Waals surface area contributed by atoms with Gasteiger partial charge in [0.1, 0.15) is 5.76 Å². The first-order valence-electron chi connectivity index (χ1n) is 5.27. The van der Waals surface area contributed by atoms with Crippen molar-refractivity contribution in [3.63, 3.8) is 0 Å². The number of aryl methyl sites for hydroxylation is 1. The molecule has 17 heavy (non-hydrogen) atoms. The molecule has 0 aromatic carbocycles. The molecule has 0 atom stereocenters. The maximum Gasteiger partial charge on any atom is 0.287 e. The van der Waals surface area contributed by atoms with E-state index in [0.29, 0.717) is 12.4 Å². The highest BCUT2D eigenvalue weighted by Crippen LogP contribution is 2.06. The van der Waals surface area contributed by atoms with Crippen LogP contribution in [0, 0.1) is 6.92 Å². The van der Waals surface area contributed by atoms with Crippen molar-refractivity contribution < 1.29 is 13.9 Å². The summed E-state index contributed by atoms with van der Waals surface area (Å²) < 4.78 is 10.2. The summed E-state index contributed by atoms with van der Waals surface area (Å²) in [5.41, 5.74) is -0.767. The zero-order valence-electron chi connectivity index (χ0n) is 10.5. The summed E-state index contributed by atoms with van der Waals surface area (Å²) >= 11 is 0. The second-order valence-corrected chi connectivity index (χ2v) is 4.54. The Balaban J connectivity index is 2.87. The van der Waals surface area contributed by atoms with Crippen LogP contribution in [0.25, 0.3) is 0 Å². The van der Waals surface area contributed by atoms with E-state index in [1.165, 1.54) is 12.1 Å². The van der Waals surface area contributed by atoms with E-state index in [4.69, 9.17) is 9.15 Å². The Morgan fingerprint density at radius 1 is 1.47 bits per heavy atom. The van der Waals surface area contributed by atoms with Gasteiger partial charge in [-0.2, -0.15) is 0 Å². The summed E-state index contributed by atoms with van der Waals surface area (Å²) in [4.78, 5) is 23.1. The molecule has 1 aromatic heterocycles. The van der Waals surface area contributed by atoms with E-state index in [1.807, 2.05) is 13.8 Å². The van der Waals surface area contributed by atoms with Crippen LogP contribution >= 0.6 is 0 Å². The Hall–Kier alpha value is -1.62. The number of ether oxygens (including phenoxy) is 1. The van der Waals surface area contributed by atoms with E-state index in [9.17, 15) is 9.59 Å². The van der Waals surface area contributed by atoms with Gasteiger partial charge >= 0.3 is 0 Å². The van der Waals surface area contributed by atoms with Crippen LogP contribution in [0.5, 0.6) is 0 Å². The van der Waals surface area contributed by atoms with Gasteiger partial charge in [-0.25, -0.2) is 0 Å². The van der Waals surface area contributed by atoms with E-state index < -0.39 is 11.4 Å². The summed E-state index contributed by atoms with van der Waals surface area (Å²) in [6, 6.07) is 2.50. The topological polar surface area (TPSA) is 68.5 Å². The fourth-order valence-electron chi connectivity index (χ4n) is 1.48. The number of methoxy groups -OCH3 is 1. The molecule has 94 valence electrons. The van der Waals surface area contributed by atoms with Crippen molar-refractivity contribution in [2.24, 2.45) is 0 Å². The predicted octanol–water partition coefficient (Wildman–Crippen LogP) is 1.10. The minimum absolute atomic E-state index is 0.0131. The Morgan fingerprint density at radius 2 is 2.12 bits per heavy atom. The fourth-order valence-corrected chi connectivity index (χ4v) is 1.48.